The van der Waals surface area contributed by atoms with Gasteiger partial charge in [-0.3, -0.25) is 10.1 Å². The maximum atomic E-state index is 12.5. The molecule has 1 saturated carbocycles. The summed E-state index contributed by atoms with van der Waals surface area (Å²) in [7, 11) is 0. The molecule has 2 amide bonds. The van der Waals surface area contributed by atoms with Gasteiger partial charge in [-0.25, -0.2) is 4.79 Å². The first-order chi connectivity index (χ1) is 15.1. The van der Waals surface area contributed by atoms with Crippen molar-refractivity contribution < 1.29 is 14.3 Å². The highest BCUT2D eigenvalue weighted by Crippen LogP contribution is 2.49. The van der Waals surface area contributed by atoms with Crippen LogP contribution in [0.3, 0.4) is 0 Å². The molecule has 0 unspecified atom stereocenters. The number of rotatable bonds is 7. The first kappa shape index (κ1) is 20.7. The quantitative estimate of drug-likeness (QED) is 0.484. The summed E-state index contributed by atoms with van der Waals surface area (Å²) >= 11 is 0. The molecule has 158 valence electrons. The third kappa shape index (κ3) is 5.51. The number of amides is 2. The second-order valence-corrected chi connectivity index (χ2v) is 7.85. The van der Waals surface area contributed by atoms with Gasteiger partial charge in [-0.2, -0.15) is 0 Å². The van der Waals surface area contributed by atoms with Gasteiger partial charge in [0.15, 0.2) is 0 Å². The Labute approximate surface area is 182 Å². The van der Waals surface area contributed by atoms with Crippen molar-refractivity contribution in [3.05, 3.63) is 95.6 Å². The van der Waals surface area contributed by atoms with Crippen LogP contribution >= 0.6 is 0 Å². The molecule has 1 fully saturated rings. The Morgan fingerprint density at radius 1 is 0.871 bits per heavy atom. The van der Waals surface area contributed by atoms with E-state index in [1.165, 1.54) is 18.4 Å². The van der Waals surface area contributed by atoms with Gasteiger partial charge in [-0.05, 0) is 65.8 Å². The van der Waals surface area contributed by atoms with E-state index < -0.39 is 6.09 Å². The lowest BCUT2D eigenvalue weighted by molar-refractivity contribution is 0.102. The Bertz CT molecular complexity index is 1030. The van der Waals surface area contributed by atoms with Gasteiger partial charge in [-0.15, -0.1) is 0 Å². The van der Waals surface area contributed by atoms with Crippen molar-refractivity contribution in [3.8, 4) is 0 Å². The predicted molar refractivity (Wildman–Crippen MR) is 122 cm³/mol. The highest BCUT2D eigenvalue weighted by Gasteiger charge is 2.36. The summed E-state index contributed by atoms with van der Waals surface area (Å²) in [6.45, 7) is 2.43. The number of nitrogens with one attached hydrogen (secondary N) is 2. The largest absolute Gasteiger partial charge is 0.444 e. The van der Waals surface area contributed by atoms with E-state index in [2.05, 4.69) is 29.7 Å². The van der Waals surface area contributed by atoms with Crippen LogP contribution < -0.4 is 10.6 Å². The molecule has 1 aliphatic rings. The van der Waals surface area contributed by atoms with Crippen LogP contribution in [0.4, 0.5) is 16.2 Å². The Hall–Kier alpha value is -3.60. The van der Waals surface area contributed by atoms with Crippen molar-refractivity contribution in [1.29, 1.82) is 0 Å². The van der Waals surface area contributed by atoms with Crippen LogP contribution in [0.5, 0.6) is 0 Å². The Balaban J connectivity index is 1.27. The SMILES string of the molecule is CC[C@H]1C[C@H]1c1ccc(NC(=O)c2ccc(NC(=O)OCc3ccccc3)cc2)cc1. The zero-order valence-electron chi connectivity index (χ0n) is 17.5. The van der Waals surface area contributed by atoms with E-state index in [1.54, 1.807) is 24.3 Å². The highest BCUT2D eigenvalue weighted by molar-refractivity contribution is 6.04. The molecule has 4 rings (SSSR count). The second kappa shape index (κ2) is 9.47. The van der Waals surface area contributed by atoms with E-state index in [0.29, 0.717) is 17.2 Å². The minimum absolute atomic E-state index is 0.191. The smallest absolute Gasteiger partial charge is 0.411 e. The minimum atomic E-state index is -0.540. The zero-order chi connectivity index (χ0) is 21.6. The van der Waals surface area contributed by atoms with Crippen LogP contribution in [0.25, 0.3) is 0 Å². The summed E-state index contributed by atoms with van der Waals surface area (Å²) in [5, 5.41) is 5.58. The molecule has 0 aliphatic heterocycles. The second-order valence-electron chi connectivity index (χ2n) is 7.85. The van der Waals surface area contributed by atoms with Crippen LogP contribution in [0.2, 0.25) is 0 Å². The Morgan fingerprint density at radius 3 is 2.16 bits per heavy atom. The number of benzene rings is 3. The molecule has 1 aliphatic carbocycles. The molecule has 2 N–H and O–H groups in total. The van der Waals surface area contributed by atoms with E-state index in [4.69, 9.17) is 4.74 Å². The van der Waals surface area contributed by atoms with E-state index in [-0.39, 0.29) is 12.5 Å². The van der Waals surface area contributed by atoms with Crippen LogP contribution in [0.1, 0.15) is 47.2 Å². The highest BCUT2D eigenvalue weighted by atomic mass is 16.5. The molecule has 0 bridgehead atoms. The number of anilines is 2. The standard InChI is InChI=1S/C26H26N2O3/c1-2-19-16-24(19)20-8-12-22(13-9-20)27-25(29)21-10-14-23(15-11-21)28-26(30)31-17-18-6-4-3-5-7-18/h3-15,19,24H,2,16-17H2,1H3,(H,27,29)(H,28,30)/t19-,24+/m0/s1. The van der Waals surface area contributed by atoms with Crippen LogP contribution in [0.15, 0.2) is 78.9 Å². The zero-order valence-corrected chi connectivity index (χ0v) is 17.5. The molecular formula is C26H26N2O3. The molecule has 5 heteroatoms. The maximum absolute atomic E-state index is 12.5. The number of hydrogen-bond donors (Lipinski definition) is 2. The van der Waals surface area contributed by atoms with E-state index in [9.17, 15) is 9.59 Å². The maximum Gasteiger partial charge on any atom is 0.411 e. The van der Waals surface area contributed by atoms with Gasteiger partial charge < -0.3 is 10.1 Å². The molecule has 0 radical (unpaired) electrons. The van der Waals surface area contributed by atoms with E-state index >= 15 is 0 Å². The molecule has 0 saturated heterocycles. The molecular weight excluding hydrogens is 388 g/mol. The number of carbonyl (C=O) groups is 2. The van der Waals surface area contributed by atoms with Gasteiger partial charge in [0.2, 0.25) is 0 Å². The summed E-state index contributed by atoms with van der Waals surface area (Å²) in [6, 6.07) is 24.3. The summed E-state index contributed by atoms with van der Waals surface area (Å²) in [6.07, 6.45) is 1.95. The molecule has 0 spiro atoms. The fourth-order valence-corrected chi connectivity index (χ4v) is 3.71. The van der Waals surface area contributed by atoms with Crippen molar-refractivity contribution in [1.82, 2.24) is 0 Å². The van der Waals surface area contributed by atoms with Crippen molar-refractivity contribution >= 4 is 23.4 Å². The lowest BCUT2D eigenvalue weighted by Gasteiger charge is -2.09. The first-order valence-corrected chi connectivity index (χ1v) is 10.6. The third-order valence-corrected chi connectivity index (χ3v) is 5.65. The Kier molecular flexibility index (Phi) is 6.32. The molecule has 5 nitrogen and oxygen atoms in total. The van der Waals surface area contributed by atoms with Gasteiger partial charge in [-0.1, -0.05) is 55.8 Å². The van der Waals surface area contributed by atoms with Crippen LogP contribution in [-0.4, -0.2) is 12.0 Å². The number of hydrogen-bond acceptors (Lipinski definition) is 3. The van der Waals surface area contributed by atoms with Crippen LogP contribution in [-0.2, 0) is 11.3 Å². The molecule has 3 aromatic carbocycles. The third-order valence-electron chi connectivity index (χ3n) is 5.65. The predicted octanol–water partition coefficient (Wildman–Crippen LogP) is 6.20. The molecule has 0 aromatic heterocycles. The van der Waals surface area contributed by atoms with Crippen molar-refractivity contribution in [2.45, 2.75) is 32.3 Å². The van der Waals surface area contributed by atoms with E-state index in [0.717, 1.165) is 17.2 Å². The monoisotopic (exact) mass is 414 g/mol. The Morgan fingerprint density at radius 2 is 1.52 bits per heavy atom. The number of ether oxygens (including phenoxy) is 1. The molecule has 0 heterocycles. The lowest BCUT2D eigenvalue weighted by atomic mass is 10.1. The average Bonchev–Trinajstić information content (AvgIpc) is 3.59. The van der Waals surface area contributed by atoms with Crippen molar-refractivity contribution in [2.75, 3.05) is 10.6 Å². The van der Waals surface area contributed by atoms with Gasteiger partial charge in [0.05, 0.1) is 0 Å². The topological polar surface area (TPSA) is 67.4 Å². The normalized spacial score (nSPS) is 16.9. The molecule has 3 aromatic rings. The summed E-state index contributed by atoms with van der Waals surface area (Å²) in [5.41, 5.74) is 4.11. The van der Waals surface area contributed by atoms with E-state index in [1.807, 2.05) is 42.5 Å². The van der Waals surface area contributed by atoms with Crippen LogP contribution in [0, 0.1) is 5.92 Å². The average molecular weight is 415 g/mol. The lowest BCUT2D eigenvalue weighted by Crippen LogP contribution is -2.14. The summed E-state index contributed by atoms with van der Waals surface area (Å²) in [4.78, 5) is 24.5. The van der Waals surface area contributed by atoms with Gasteiger partial charge in [0.1, 0.15) is 6.61 Å². The van der Waals surface area contributed by atoms with Gasteiger partial charge >= 0.3 is 6.09 Å². The summed E-state index contributed by atoms with van der Waals surface area (Å²) < 4.78 is 5.20. The molecule has 2 atom stereocenters. The fourth-order valence-electron chi connectivity index (χ4n) is 3.71. The summed E-state index contributed by atoms with van der Waals surface area (Å²) in [5.74, 6) is 1.29. The fraction of sp³-hybridized carbons (Fsp3) is 0.231. The van der Waals surface area contributed by atoms with Gasteiger partial charge in [0, 0.05) is 16.9 Å². The van der Waals surface area contributed by atoms with Crippen molar-refractivity contribution in [2.24, 2.45) is 5.92 Å². The first-order valence-electron chi connectivity index (χ1n) is 10.6. The molecule has 31 heavy (non-hydrogen) atoms. The number of carbonyl (C=O) groups excluding carboxylic acids is 2. The van der Waals surface area contributed by atoms with Gasteiger partial charge in [0.25, 0.3) is 5.91 Å². The van der Waals surface area contributed by atoms with Crippen molar-refractivity contribution in [3.63, 3.8) is 0 Å². The minimum Gasteiger partial charge on any atom is -0.444 e.